The molecule has 4 heteroatoms. The first-order valence-corrected chi connectivity index (χ1v) is 5.27. The third-order valence-corrected chi connectivity index (χ3v) is 2.50. The van der Waals surface area contributed by atoms with E-state index in [1.807, 2.05) is 13.0 Å². The lowest BCUT2D eigenvalue weighted by atomic mass is 10.0. The van der Waals surface area contributed by atoms with Crippen molar-refractivity contribution in [2.75, 3.05) is 6.61 Å². The van der Waals surface area contributed by atoms with Crippen molar-refractivity contribution in [1.29, 1.82) is 5.26 Å². The Balaban J connectivity index is 3.45. The molecule has 0 fully saturated rings. The largest absolute Gasteiger partial charge is 0.492 e. The van der Waals surface area contributed by atoms with Crippen LogP contribution in [-0.2, 0) is 0 Å². The second kappa shape index (κ2) is 4.94. The molecule has 1 rings (SSSR count). The standard InChI is InChI=1S/C11H10BrNO2/c1-3-15-11-9(12)5-4-8(6-13)10(11)7(2)14/h4-5H,3H2,1-2H3. The average molecular weight is 268 g/mol. The van der Waals surface area contributed by atoms with Gasteiger partial charge in [0.25, 0.3) is 0 Å². The van der Waals surface area contributed by atoms with Gasteiger partial charge in [-0.2, -0.15) is 5.26 Å². The number of ether oxygens (including phenoxy) is 1. The molecule has 0 saturated carbocycles. The number of hydrogen-bond acceptors (Lipinski definition) is 3. The van der Waals surface area contributed by atoms with Gasteiger partial charge in [-0.15, -0.1) is 0 Å². The summed E-state index contributed by atoms with van der Waals surface area (Å²) in [5.41, 5.74) is 0.683. The van der Waals surface area contributed by atoms with E-state index in [0.29, 0.717) is 28.0 Å². The van der Waals surface area contributed by atoms with Crippen LogP contribution in [0.4, 0.5) is 0 Å². The van der Waals surface area contributed by atoms with Crippen LogP contribution < -0.4 is 4.74 Å². The van der Waals surface area contributed by atoms with Crippen LogP contribution in [-0.4, -0.2) is 12.4 Å². The van der Waals surface area contributed by atoms with Crippen molar-refractivity contribution >= 4 is 21.7 Å². The maximum absolute atomic E-state index is 11.4. The highest BCUT2D eigenvalue weighted by molar-refractivity contribution is 9.10. The van der Waals surface area contributed by atoms with E-state index in [1.165, 1.54) is 6.92 Å². The monoisotopic (exact) mass is 267 g/mol. The molecule has 0 spiro atoms. The molecule has 15 heavy (non-hydrogen) atoms. The zero-order chi connectivity index (χ0) is 11.4. The van der Waals surface area contributed by atoms with Crippen LogP contribution in [0.15, 0.2) is 16.6 Å². The summed E-state index contributed by atoms with van der Waals surface area (Å²) in [5, 5.41) is 8.88. The molecule has 0 radical (unpaired) electrons. The van der Waals surface area contributed by atoms with Gasteiger partial charge in [0.15, 0.2) is 5.78 Å². The van der Waals surface area contributed by atoms with E-state index in [-0.39, 0.29) is 5.78 Å². The van der Waals surface area contributed by atoms with Gasteiger partial charge >= 0.3 is 0 Å². The Morgan fingerprint density at radius 3 is 2.73 bits per heavy atom. The summed E-state index contributed by atoms with van der Waals surface area (Å²) in [7, 11) is 0. The Morgan fingerprint density at radius 2 is 2.27 bits per heavy atom. The van der Waals surface area contributed by atoms with Gasteiger partial charge in [-0.25, -0.2) is 0 Å². The number of hydrogen-bond donors (Lipinski definition) is 0. The fourth-order valence-corrected chi connectivity index (χ4v) is 1.73. The van der Waals surface area contributed by atoms with E-state index in [4.69, 9.17) is 10.00 Å². The van der Waals surface area contributed by atoms with Gasteiger partial charge < -0.3 is 4.74 Å². The smallest absolute Gasteiger partial charge is 0.164 e. The molecule has 0 N–H and O–H groups in total. The van der Waals surface area contributed by atoms with Crippen LogP contribution in [0.25, 0.3) is 0 Å². The Labute approximate surface area is 96.8 Å². The van der Waals surface area contributed by atoms with Gasteiger partial charge in [0.05, 0.1) is 22.2 Å². The zero-order valence-electron chi connectivity index (χ0n) is 8.50. The van der Waals surface area contributed by atoms with E-state index >= 15 is 0 Å². The third-order valence-electron chi connectivity index (χ3n) is 1.87. The number of rotatable bonds is 3. The quantitative estimate of drug-likeness (QED) is 0.792. The number of carbonyl (C=O) groups excluding carboxylic acids is 1. The predicted molar refractivity (Wildman–Crippen MR) is 60.0 cm³/mol. The molecule has 0 aromatic heterocycles. The van der Waals surface area contributed by atoms with Gasteiger partial charge in [0.2, 0.25) is 0 Å². The molecule has 1 aromatic rings. The van der Waals surface area contributed by atoms with Crippen LogP contribution in [0.2, 0.25) is 0 Å². The summed E-state index contributed by atoms with van der Waals surface area (Å²) in [6.45, 7) is 3.70. The first kappa shape index (κ1) is 11.7. The molecule has 1 aromatic carbocycles. The molecular formula is C11H10BrNO2. The summed E-state index contributed by atoms with van der Waals surface area (Å²) in [6, 6.07) is 5.29. The second-order valence-electron chi connectivity index (χ2n) is 2.90. The SMILES string of the molecule is CCOc1c(Br)ccc(C#N)c1C(C)=O. The minimum atomic E-state index is -0.170. The van der Waals surface area contributed by atoms with E-state index in [9.17, 15) is 4.79 Å². The highest BCUT2D eigenvalue weighted by Crippen LogP contribution is 2.31. The van der Waals surface area contributed by atoms with Crippen molar-refractivity contribution in [2.24, 2.45) is 0 Å². The van der Waals surface area contributed by atoms with Crippen LogP contribution in [0.3, 0.4) is 0 Å². The minimum absolute atomic E-state index is 0.170. The fourth-order valence-electron chi connectivity index (χ4n) is 1.29. The third kappa shape index (κ3) is 2.37. The molecular weight excluding hydrogens is 258 g/mol. The maximum Gasteiger partial charge on any atom is 0.164 e. The van der Waals surface area contributed by atoms with E-state index in [2.05, 4.69) is 15.9 Å². The molecule has 78 valence electrons. The number of benzene rings is 1. The Hall–Kier alpha value is -1.34. The molecule has 0 amide bonds. The summed E-state index contributed by atoms with van der Waals surface area (Å²) in [4.78, 5) is 11.4. The van der Waals surface area contributed by atoms with Crippen molar-refractivity contribution in [3.63, 3.8) is 0 Å². The average Bonchev–Trinajstić information content (AvgIpc) is 2.20. The van der Waals surface area contributed by atoms with Crippen LogP contribution >= 0.6 is 15.9 Å². The van der Waals surface area contributed by atoms with Crippen LogP contribution in [0.1, 0.15) is 29.8 Å². The molecule has 0 saturated heterocycles. The molecule has 0 aliphatic carbocycles. The number of halogens is 1. The van der Waals surface area contributed by atoms with E-state index in [0.717, 1.165) is 0 Å². The summed E-state index contributed by atoms with van der Waals surface area (Å²) in [6.07, 6.45) is 0. The number of nitriles is 1. The van der Waals surface area contributed by atoms with Gasteiger partial charge in [-0.3, -0.25) is 4.79 Å². The predicted octanol–water partition coefficient (Wildman–Crippen LogP) is 2.92. The summed E-state index contributed by atoms with van der Waals surface area (Å²) >= 11 is 3.29. The van der Waals surface area contributed by atoms with Crippen molar-refractivity contribution in [1.82, 2.24) is 0 Å². The normalized spacial score (nSPS) is 9.47. The lowest BCUT2D eigenvalue weighted by molar-refractivity contribution is 0.101. The first-order chi connectivity index (χ1) is 7.11. The van der Waals surface area contributed by atoms with E-state index in [1.54, 1.807) is 12.1 Å². The Morgan fingerprint density at radius 1 is 1.60 bits per heavy atom. The van der Waals surface area contributed by atoms with Gasteiger partial charge in [-0.05, 0) is 41.9 Å². The van der Waals surface area contributed by atoms with Crippen LogP contribution in [0, 0.1) is 11.3 Å². The highest BCUT2D eigenvalue weighted by Gasteiger charge is 2.16. The maximum atomic E-state index is 11.4. The number of ketones is 1. The van der Waals surface area contributed by atoms with E-state index < -0.39 is 0 Å². The highest BCUT2D eigenvalue weighted by atomic mass is 79.9. The molecule has 0 bridgehead atoms. The molecule has 0 atom stereocenters. The van der Waals surface area contributed by atoms with Crippen LogP contribution in [0.5, 0.6) is 5.75 Å². The Kier molecular flexibility index (Phi) is 3.87. The van der Waals surface area contributed by atoms with Crippen molar-refractivity contribution in [2.45, 2.75) is 13.8 Å². The molecule has 3 nitrogen and oxygen atoms in total. The zero-order valence-corrected chi connectivity index (χ0v) is 10.1. The summed E-state index contributed by atoms with van der Waals surface area (Å²) in [5.74, 6) is 0.278. The molecule has 0 heterocycles. The van der Waals surface area contributed by atoms with Gasteiger partial charge in [-0.1, -0.05) is 0 Å². The molecule has 0 unspecified atom stereocenters. The first-order valence-electron chi connectivity index (χ1n) is 4.48. The number of nitrogens with zero attached hydrogens (tertiary/aromatic N) is 1. The second-order valence-corrected chi connectivity index (χ2v) is 3.75. The number of Topliss-reactive ketones (excluding diaryl/α,β-unsaturated/α-hetero) is 1. The fraction of sp³-hybridized carbons (Fsp3) is 0.273. The lowest BCUT2D eigenvalue weighted by Gasteiger charge is -2.11. The number of carbonyl (C=O) groups is 1. The minimum Gasteiger partial charge on any atom is -0.492 e. The lowest BCUT2D eigenvalue weighted by Crippen LogP contribution is -2.04. The van der Waals surface area contributed by atoms with Crippen molar-refractivity contribution in [3.05, 3.63) is 27.7 Å². The van der Waals surface area contributed by atoms with Crippen molar-refractivity contribution < 1.29 is 9.53 Å². The van der Waals surface area contributed by atoms with Gasteiger partial charge in [0.1, 0.15) is 11.8 Å². The molecule has 0 aliphatic rings. The topological polar surface area (TPSA) is 50.1 Å². The van der Waals surface area contributed by atoms with Crippen molar-refractivity contribution in [3.8, 4) is 11.8 Å². The van der Waals surface area contributed by atoms with Gasteiger partial charge in [0, 0.05) is 0 Å². The molecule has 0 aliphatic heterocycles. The Bertz CT molecular complexity index is 435. The summed E-state index contributed by atoms with van der Waals surface area (Å²) < 4.78 is 6.04.